The molecule has 0 aliphatic carbocycles. The average molecular weight is 286 g/mol. The van der Waals surface area contributed by atoms with Crippen LogP contribution in [-0.2, 0) is 0 Å². The van der Waals surface area contributed by atoms with Crippen molar-refractivity contribution in [2.45, 2.75) is 13.3 Å². The highest BCUT2D eigenvalue weighted by Crippen LogP contribution is 2.24. The van der Waals surface area contributed by atoms with E-state index in [1.165, 1.54) is 0 Å². The van der Waals surface area contributed by atoms with Gasteiger partial charge in [-0.2, -0.15) is 0 Å². The molecule has 1 amide bonds. The summed E-state index contributed by atoms with van der Waals surface area (Å²) in [6, 6.07) is 3.96. The number of fused-ring (bicyclic) bond motifs is 1. The summed E-state index contributed by atoms with van der Waals surface area (Å²) in [4.78, 5) is 25.0. The van der Waals surface area contributed by atoms with Crippen molar-refractivity contribution in [3.05, 3.63) is 35.5 Å². The number of nitrogens with zero attached hydrogens (tertiary/aromatic N) is 2. The normalized spacial score (nSPS) is 10.8. The van der Waals surface area contributed by atoms with Crippen LogP contribution in [-0.4, -0.2) is 27.4 Å². The number of rotatable bonds is 4. The lowest BCUT2D eigenvalue weighted by Crippen LogP contribution is -2.23. The Labute approximate surface area is 120 Å². The monoisotopic (exact) mass is 286 g/mol. The molecule has 0 unspecified atom stereocenters. The fraction of sp³-hybridized carbons (Fsp3) is 0.214. The van der Waals surface area contributed by atoms with Crippen LogP contribution in [0, 0.1) is 0 Å². The SMILES string of the molecule is CCCNC(=O)c1c[nH]c2ncc(-c3cccs3)nc12. The van der Waals surface area contributed by atoms with E-state index in [9.17, 15) is 4.79 Å². The number of hydrogen-bond acceptors (Lipinski definition) is 4. The van der Waals surface area contributed by atoms with E-state index >= 15 is 0 Å². The summed E-state index contributed by atoms with van der Waals surface area (Å²) in [5.74, 6) is -0.115. The molecule has 2 N–H and O–H groups in total. The first kappa shape index (κ1) is 12.8. The average Bonchev–Trinajstić information content (AvgIpc) is 3.12. The van der Waals surface area contributed by atoms with Crippen molar-refractivity contribution in [2.75, 3.05) is 6.54 Å². The number of thiophene rings is 1. The Morgan fingerprint density at radius 1 is 1.50 bits per heavy atom. The number of carbonyl (C=O) groups excluding carboxylic acids is 1. The minimum absolute atomic E-state index is 0.115. The summed E-state index contributed by atoms with van der Waals surface area (Å²) in [5, 5.41) is 4.85. The van der Waals surface area contributed by atoms with Crippen molar-refractivity contribution in [1.82, 2.24) is 20.3 Å². The van der Waals surface area contributed by atoms with Crippen molar-refractivity contribution in [1.29, 1.82) is 0 Å². The number of aromatic nitrogens is 3. The predicted octanol–water partition coefficient (Wildman–Crippen LogP) is 2.83. The number of amides is 1. The quantitative estimate of drug-likeness (QED) is 0.774. The summed E-state index contributed by atoms with van der Waals surface area (Å²) in [6.45, 7) is 2.67. The van der Waals surface area contributed by atoms with Gasteiger partial charge in [-0.05, 0) is 17.9 Å². The molecule has 3 heterocycles. The van der Waals surface area contributed by atoms with Gasteiger partial charge in [-0.25, -0.2) is 9.97 Å². The third-order valence-electron chi connectivity index (χ3n) is 2.93. The molecule has 0 atom stereocenters. The molecular formula is C14H14N4OS. The molecule has 20 heavy (non-hydrogen) atoms. The number of nitrogens with one attached hydrogen (secondary N) is 2. The molecule has 6 heteroatoms. The molecule has 0 aliphatic heterocycles. The highest BCUT2D eigenvalue weighted by molar-refractivity contribution is 7.13. The van der Waals surface area contributed by atoms with Crippen LogP contribution < -0.4 is 5.32 Å². The Hall–Kier alpha value is -2.21. The van der Waals surface area contributed by atoms with Crippen LogP contribution in [0.2, 0.25) is 0 Å². The zero-order valence-corrected chi connectivity index (χ0v) is 11.8. The molecule has 0 aliphatic rings. The zero-order chi connectivity index (χ0) is 13.9. The summed E-state index contributed by atoms with van der Waals surface area (Å²) in [7, 11) is 0. The number of H-pyrrole nitrogens is 1. The first-order chi connectivity index (χ1) is 9.79. The molecular weight excluding hydrogens is 272 g/mol. The van der Waals surface area contributed by atoms with E-state index in [0.717, 1.165) is 17.0 Å². The van der Waals surface area contributed by atoms with Crippen molar-refractivity contribution in [3.8, 4) is 10.6 Å². The molecule has 0 saturated carbocycles. The topological polar surface area (TPSA) is 70.7 Å². The molecule has 3 aromatic rings. The smallest absolute Gasteiger partial charge is 0.255 e. The zero-order valence-electron chi connectivity index (χ0n) is 11.0. The largest absolute Gasteiger partial charge is 0.352 e. The van der Waals surface area contributed by atoms with Gasteiger partial charge >= 0.3 is 0 Å². The molecule has 0 saturated heterocycles. The molecule has 3 aromatic heterocycles. The van der Waals surface area contributed by atoms with Gasteiger partial charge in [0.1, 0.15) is 5.52 Å². The van der Waals surface area contributed by atoms with E-state index in [4.69, 9.17) is 0 Å². The Morgan fingerprint density at radius 3 is 3.15 bits per heavy atom. The van der Waals surface area contributed by atoms with Crippen LogP contribution in [0.15, 0.2) is 29.9 Å². The lowest BCUT2D eigenvalue weighted by Gasteiger charge is -2.02. The Balaban J connectivity index is 2.02. The number of hydrogen-bond donors (Lipinski definition) is 2. The third kappa shape index (κ3) is 2.30. The number of carbonyl (C=O) groups is 1. The summed E-state index contributed by atoms with van der Waals surface area (Å²) in [6.07, 6.45) is 4.28. The second kappa shape index (κ2) is 5.42. The summed E-state index contributed by atoms with van der Waals surface area (Å²) < 4.78 is 0. The van der Waals surface area contributed by atoms with Gasteiger partial charge in [-0.3, -0.25) is 4.79 Å². The summed E-state index contributed by atoms with van der Waals surface area (Å²) >= 11 is 1.60. The van der Waals surface area contributed by atoms with Gasteiger partial charge in [-0.1, -0.05) is 13.0 Å². The fourth-order valence-electron chi connectivity index (χ4n) is 1.94. The van der Waals surface area contributed by atoms with Gasteiger partial charge in [-0.15, -0.1) is 11.3 Å². The molecule has 5 nitrogen and oxygen atoms in total. The molecule has 0 bridgehead atoms. The first-order valence-electron chi connectivity index (χ1n) is 6.45. The van der Waals surface area contributed by atoms with Crippen LogP contribution in [0.5, 0.6) is 0 Å². The van der Waals surface area contributed by atoms with Crippen LogP contribution >= 0.6 is 11.3 Å². The molecule has 0 fully saturated rings. The molecule has 0 radical (unpaired) electrons. The highest BCUT2D eigenvalue weighted by atomic mass is 32.1. The van der Waals surface area contributed by atoms with Gasteiger partial charge < -0.3 is 10.3 Å². The van der Waals surface area contributed by atoms with Gasteiger partial charge in [0.05, 0.1) is 22.3 Å². The minimum atomic E-state index is -0.115. The second-order valence-corrected chi connectivity index (χ2v) is 5.34. The van der Waals surface area contributed by atoms with E-state index in [1.54, 1.807) is 23.7 Å². The molecule has 0 spiro atoms. The van der Waals surface area contributed by atoms with E-state index in [1.807, 2.05) is 24.4 Å². The van der Waals surface area contributed by atoms with Crippen molar-refractivity contribution in [3.63, 3.8) is 0 Å². The lowest BCUT2D eigenvalue weighted by molar-refractivity contribution is 0.0955. The third-order valence-corrected chi connectivity index (χ3v) is 3.83. The van der Waals surface area contributed by atoms with Crippen LogP contribution in [0.3, 0.4) is 0 Å². The Bertz CT molecular complexity index is 733. The molecule has 3 rings (SSSR count). The molecule has 102 valence electrons. The van der Waals surface area contributed by atoms with E-state index < -0.39 is 0 Å². The van der Waals surface area contributed by atoms with E-state index in [-0.39, 0.29) is 5.91 Å². The minimum Gasteiger partial charge on any atom is -0.352 e. The van der Waals surface area contributed by atoms with Gasteiger partial charge in [0.15, 0.2) is 5.65 Å². The van der Waals surface area contributed by atoms with Crippen LogP contribution in [0.25, 0.3) is 21.7 Å². The Kier molecular flexibility index (Phi) is 3.47. The van der Waals surface area contributed by atoms with Crippen LogP contribution in [0.4, 0.5) is 0 Å². The van der Waals surface area contributed by atoms with Gasteiger partial charge in [0.2, 0.25) is 0 Å². The fourth-order valence-corrected chi connectivity index (χ4v) is 2.62. The van der Waals surface area contributed by atoms with Crippen molar-refractivity contribution in [2.24, 2.45) is 0 Å². The van der Waals surface area contributed by atoms with Crippen molar-refractivity contribution < 1.29 is 4.79 Å². The standard InChI is InChI=1S/C14H14N4OS/c1-2-5-15-14(19)9-7-16-13-12(9)18-10(8-17-13)11-4-3-6-20-11/h3-4,6-8H,2,5H2,1H3,(H,15,19)(H,16,17). The highest BCUT2D eigenvalue weighted by Gasteiger charge is 2.14. The maximum Gasteiger partial charge on any atom is 0.255 e. The van der Waals surface area contributed by atoms with Gasteiger partial charge in [0.25, 0.3) is 5.91 Å². The van der Waals surface area contributed by atoms with Crippen molar-refractivity contribution >= 4 is 28.4 Å². The summed E-state index contributed by atoms with van der Waals surface area (Å²) in [5.41, 5.74) is 2.58. The predicted molar refractivity (Wildman–Crippen MR) is 79.8 cm³/mol. The van der Waals surface area contributed by atoms with Gasteiger partial charge in [0, 0.05) is 12.7 Å². The van der Waals surface area contributed by atoms with E-state index in [0.29, 0.717) is 23.3 Å². The first-order valence-corrected chi connectivity index (χ1v) is 7.33. The Morgan fingerprint density at radius 2 is 2.40 bits per heavy atom. The van der Waals surface area contributed by atoms with E-state index in [2.05, 4.69) is 20.3 Å². The maximum absolute atomic E-state index is 12.1. The van der Waals surface area contributed by atoms with Crippen LogP contribution in [0.1, 0.15) is 23.7 Å². The second-order valence-electron chi connectivity index (χ2n) is 4.39. The maximum atomic E-state index is 12.1. The number of aromatic amines is 1. The molecule has 0 aromatic carbocycles. The lowest BCUT2D eigenvalue weighted by atomic mass is 10.2.